The second kappa shape index (κ2) is 13.1. The summed E-state index contributed by atoms with van der Waals surface area (Å²) in [5, 5.41) is 13.3. The van der Waals surface area contributed by atoms with E-state index >= 15 is 0 Å². The van der Waals surface area contributed by atoms with Gasteiger partial charge in [-0.2, -0.15) is 0 Å². The molecule has 10 heteroatoms. The highest BCUT2D eigenvalue weighted by molar-refractivity contribution is 7.17. The fourth-order valence-corrected chi connectivity index (χ4v) is 6.03. The zero-order valence-electron chi connectivity index (χ0n) is 25.4. The topological polar surface area (TPSA) is 98.0 Å². The molecular formula is C33H40N4O5S. The molecule has 1 aliphatic heterocycles. The number of hydrogen-bond acceptors (Lipinski definition) is 7. The Morgan fingerprint density at radius 2 is 1.81 bits per heavy atom. The molecule has 0 unspecified atom stereocenters. The summed E-state index contributed by atoms with van der Waals surface area (Å²) in [7, 11) is 3.55. The number of rotatable bonds is 10. The molecule has 5 rings (SSSR count). The van der Waals surface area contributed by atoms with Crippen LogP contribution in [-0.4, -0.2) is 53.8 Å². The maximum atomic E-state index is 13.3. The van der Waals surface area contributed by atoms with Crippen LogP contribution in [0.25, 0.3) is 10.2 Å². The van der Waals surface area contributed by atoms with Crippen molar-refractivity contribution in [3.63, 3.8) is 0 Å². The Kier molecular flexibility index (Phi) is 9.27. The van der Waals surface area contributed by atoms with E-state index in [9.17, 15) is 4.79 Å². The number of hydrogen-bond donors (Lipinski definition) is 2. The molecule has 9 nitrogen and oxygen atoms in total. The van der Waals surface area contributed by atoms with E-state index < -0.39 is 0 Å². The Morgan fingerprint density at radius 3 is 2.51 bits per heavy atom. The van der Waals surface area contributed by atoms with Gasteiger partial charge < -0.3 is 33.7 Å². The number of fused-ring (bicyclic) bond motifs is 1. The second-order valence-corrected chi connectivity index (χ2v) is 12.7. The first-order valence-corrected chi connectivity index (χ1v) is 15.3. The molecule has 2 aromatic heterocycles. The molecular weight excluding hydrogens is 564 g/mol. The summed E-state index contributed by atoms with van der Waals surface area (Å²) >= 11 is 1.62. The Bertz CT molecular complexity index is 1570. The Morgan fingerprint density at radius 1 is 1.07 bits per heavy atom. The number of amidine groups is 1. The highest BCUT2D eigenvalue weighted by atomic mass is 32.1. The SMILES string of the molecule is COCc1cccc(NC(=O)c2cc3sccc3n2C)c1COc1ccc(OC[C@@H]2CCN(C(=N)OC(C)(C)C)C2)cc1. The van der Waals surface area contributed by atoms with E-state index in [2.05, 4.69) is 5.32 Å². The molecule has 1 aliphatic rings. The number of thiophene rings is 1. The number of aromatic nitrogens is 1. The molecule has 3 heterocycles. The smallest absolute Gasteiger partial charge is 0.284 e. The van der Waals surface area contributed by atoms with Crippen molar-refractivity contribution in [1.29, 1.82) is 5.41 Å². The minimum absolute atomic E-state index is 0.174. The van der Waals surface area contributed by atoms with Gasteiger partial charge in [0.2, 0.25) is 0 Å². The predicted molar refractivity (Wildman–Crippen MR) is 170 cm³/mol. The first kappa shape index (κ1) is 30.4. The van der Waals surface area contributed by atoms with Crippen molar-refractivity contribution in [2.24, 2.45) is 13.0 Å². The number of methoxy groups -OCH3 is 1. The average molecular weight is 605 g/mol. The highest BCUT2D eigenvalue weighted by Crippen LogP contribution is 2.28. The lowest BCUT2D eigenvalue weighted by Crippen LogP contribution is -2.36. The molecule has 1 amide bonds. The Labute approximate surface area is 256 Å². The molecule has 43 heavy (non-hydrogen) atoms. The lowest BCUT2D eigenvalue weighted by molar-refractivity contribution is 0.0877. The maximum absolute atomic E-state index is 13.3. The zero-order valence-corrected chi connectivity index (χ0v) is 26.3. The molecule has 1 fully saturated rings. The Balaban J connectivity index is 1.18. The summed E-state index contributed by atoms with van der Waals surface area (Å²) in [5.74, 6) is 1.62. The van der Waals surface area contributed by atoms with E-state index in [0.717, 1.165) is 46.6 Å². The third kappa shape index (κ3) is 7.50. The van der Waals surface area contributed by atoms with Crippen LogP contribution in [-0.2, 0) is 29.7 Å². The third-order valence-electron chi connectivity index (χ3n) is 7.39. The van der Waals surface area contributed by atoms with E-state index in [-0.39, 0.29) is 24.1 Å². The molecule has 2 aromatic carbocycles. The highest BCUT2D eigenvalue weighted by Gasteiger charge is 2.28. The molecule has 4 aromatic rings. The molecule has 2 N–H and O–H groups in total. The van der Waals surface area contributed by atoms with Crippen LogP contribution in [0.4, 0.5) is 5.69 Å². The van der Waals surface area contributed by atoms with E-state index in [1.54, 1.807) is 18.4 Å². The van der Waals surface area contributed by atoms with Crippen molar-refractivity contribution in [3.8, 4) is 11.5 Å². The molecule has 1 saturated heterocycles. The van der Waals surface area contributed by atoms with Crippen molar-refractivity contribution in [1.82, 2.24) is 9.47 Å². The number of anilines is 1. The largest absolute Gasteiger partial charge is 0.493 e. The van der Waals surface area contributed by atoms with Gasteiger partial charge in [0.25, 0.3) is 11.9 Å². The number of amides is 1. The van der Waals surface area contributed by atoms with Crippen molar-refractivity contribution in [3.05, 3.63) is 76.8 Å². The molecule has 0 radical (unpaired) electrons. The van der Waals surface area contributed by atoms with Gasteiger partial charge in [-0.25, -0.2) is 0 Å². The quantitative estimate of drug-likeness (QED) is 0.155. The predicted octanol–water partition coefficient (Wildman–Crippen LogP) is 6.67. The van der Waals surface area contributed by atoms with E-state index in [1.165, 1.54) is 0 Å². The number of likely N-dealkylation sites (tertiary alicyclic amines) is 1. The summed E-state index contributed by atoms with van der Waals surface area (Å²) in [6.07, 6.45) is 0.958. The molecule has 0 spiro atoms. The number of ether oxygens (including phenoxy) is 4. The van der Waals surface area contributed by atoms with Gasteiger partial charge in [0.05, 0.1) is 23.4 Å². The van der Waals surface area contributed by atoms with E-state index in [1.807, 2.05) is 97.3 Å². The molecule has 1 atom stereocenters. The summed E-state index contributed by atoms with van der Waals surface area (Å²) in [5.41, 5.74) is 3.76. The number of nitrogens with one attached hydrogen (secondary N) is 2. The normalized spacial score (nSPS) is 15.1. The van der Waals surface area contributed by atoms with Gasteiger partial charge in [0.1, 0.15) is 29.4 Å². The number of nitrogens with zero attached hydrogens (tertiary/aromatic N) is 2. The van der Waals surface area contributed by atoms with Crippen LogP contribution in [0.3, 0.4) is 0 Å². The van der Waals surface area contributed by atoms with Crippen molar-refractivity contribution >= 4 is 39.2 Å². The first-order chi connectivity index (χ1) is 20.6. The minimum Gasteiger partial charge on any atom is -0.493 e. The van der Waals surface area contributed by atoms with Gasteiger partial charge in [0.15, 0.2) is 0 Å². The van der Waals surface area contributed by atoms with Crippen molar-refractivity contribution in [2.45, 2.75) is 46.0 Å². The maximum Gasteiger partial charge on any atom is 0.284 e. The summed E-state index contributed by atoms with van der Waals surface area (Å²) in [4.78, 5) is 15.2. The number of carbonyl (C=O) groups excluding carboxylic acids is 1. The van der Waals surface area contributed by atoms with Crippen molar-refractivity contribution in [2.75, 3.05) is 32.1 Å². The molecule has 0 aliphatic carbocycles. The van der Waals surface area contributed by atoms with E-state index in [4.69, 9.17) is 24.4 Å². The standard InChI is InChI=1S/C33H40N4O5S/c1-33(2,3)42-32(34)37-15-13-22(18-37)19-40-24-9-11-25(12-10-24)41-21-26-23(20-39-5)7-6-8-27(26)35-31(38)29-17-30-28(36(29)4)14-16-43-30/h6-12,14,16-17,22,34H,13,15,18-21H2,1-5H3,(H,35,38)/t22-/m1/s1. The summed E-state index contributed by atoms with van der Waals surface area (Å²) in [6.45, 7) is 8.64. The van der Waals surface area contributed by atoms with Gasteiger partial charge >= 0.3 is 0 Å². The molecule has 228 valence electrons. The average Bonchev–Trinajstić information content (AvgIpc) is 3.70. The van der Waals surface area contributed by atoms with Crippen LogP contribution >= 0.6 is 11.3 Å². The fourth-order valence-electron chi connectivity index (χ4n) is 5.18. The monoisotopic (exact) mass is 604 g/mol. The van der Waals surface area contributed by atoms with Gasteiger partial charge in [-0.15, -0.1) is 11.3 Å². The third-order valence-corrected chi connectivity index (χ3v) is 8.24. The fraction of sp³-hybridized carbons (Fsp3) is 0.394. The van der Waals surface area contributed by atoms with Crippen molar-refractivity contribution < 1.29 is 23.7 Å². The van der Waals surface area contributed by atoms with Gasteiger partial charge in [-0.1, -0.05) is 12.1 Å². The molecule has 0 saturated carbocycles. The van der Waals surface area contributed by atoms with Crippen LogP contribution in [0, 0.1) is 11.3 Å². The lowest BCUT2D eigenvalue weighted by Gasteiger charge is -2.27. The van der Waals surface area contributed by atoms with Crippen LogP contribution in [0.2, 0.25) is 0 Å². The van der Waals surface area contributed by atoms with Gasteiger partial charge in [0, 0.05) is 44.4 Å². The summed E-state index contributed by atoms with van der Waals surface area (Å²) in [6, 6.07) is 17.5. The van der Waals surface area contributed by atoms with E-state index in [0.29, 0.717) is 36.3 Å². The molecule has 0 bridgehead atoms. The zero-order chi connectivity index (χ0) is 30.6. The summed E-state index contributed by atoms with van der Waals surface area (Å²) < 4.78 is 26.4. The van der Waals surface area contributed by atoms with Crippen LogP contribution in [0.5, 0.6) is 11.5 Å². The van der Waals surface area contributed by atoms with Gasteiger partial charge in [-0.05, 0) is 80.6 Å². The second-order valence-electron chi connectivity index (χ2n) is 11.8. The number of aryl methyl sites for hydroxylation is 1. The van der Waals surface area contributed by atoms with Crippen LogP contribution < -0.4 is 14.8 Å². The Hall–Kier alpha value is -4.02. The van der Waals surface area contributed by atoms with Crippen LogP contribution in [0.1, 0.15) is 48.8 Å². The number of benzene rings is 2. The minimum atomic E-state index is -0.379. The number of carbonyl (C=O) groups is 1. The van der Waals surface area contributed by atoms with Gasteiger partial charge in [-0.3, -0.25) is 10.2 Å². The first-order valence-electron chi connectivity index (χ1n) is 14.4. The van der Waals surface area contributed by atoms with Crippen LogP contribution in [0.15, 0.2) is 60.0 Å². The lowest BCUT2D eigenvalue weighted by atomic mass is 10.1.